The van der Waals surface area contributed by atoms with Crippen molar-refractivity contribution in [3.8, 4) is 0 Å². The third-order valence-electron chi connectivity index (χ3n) is 3.26. The highest BCUT2D eigenvalue weighted by atomic mass is 16.3. The fourth-order valence-corrected chi connectivity index (χ4v) is 2.06. The highest BCUT2D eigenvalue weighted by Gasteiger charge is 2.20. The molecule has 0 bridgehead atoms. The van der Waals surface area contributed by atoms with Gasteiger partial charge in [0.15, 0.2) is 5.78 Å². The highest BCUT2D eigenvalue weighted by molar-refractivity contribution is 6.10. The van der Waals surface area contributed by atoms with Crippen molar-refractivity contribution < 1.29 is 9.21 Å². The standard InChI is InChI=1S/C15H18N2O2/c1-9-10(2)19-11(3)14(9)15(18)12-6-7-13(16-8-12)17(4)5/h6-8H,1-5H3. The van der Waals surface area contributed by atoms with Gasteiger partial charge < -0.3 is 9.32 Å². The van der Waals surface area contributed by atoms with Crippen molar-refractivity contribution in [3.05, 3.63) is 46.5 Å². The monoisotopic (exact) mass is 258 g/mol. The van der Waals surface area contributed by atoms with E-state index in [1.54, 1.807) is 12.3 Å². The Morgan fingerprint density at radius 3 is 2.26 bits per heavy atom. The summed E-state index contributed by atoms with van der Waals surface area (Å²) in [5.74, 6) is 2.24. The molecule has 2 heterocycles. The van der Waals surface area contributed by atoms with E-state index in [0.717, 1.165) is 17.1 Å². The summed E-state index contributed by atoms with van der Waals surface area (Å²) >= 11 is 0. The Labute approximate surface area is 113 Å². The van der Waals surface area contributed by atoms with Crippen molar-refractivity contribution in [1.29, 1.82) is 0 Å². The summed E-state index contributed by atoms with van der Waals surface area (Å²) in [7, 11) is 3.83. The third kappa shape index (κ3) is 2.38. The molecule has 2 aromatic rings. The van der Waals surface area contributed by atoms with Gasteiger partial charge in [-0.2, -0.15) is 0 Å². The predicted octanol–water partition coefficient (Wildman–Crippen LogP) is 2.90. The van der Waals surface area contributed by atoms with E-state index in [0.29, 0.717) is 16.9 Å². The summed E-state index contributed by atoms with van der Waals surface area (Å²) in [6.07, 6.45) is 1.61. The van der Waals surface area contributed by atoms with Gasteiger partial charge in [0.1, 0.15) is 17.3 Å². The quantitative estimate of drug-likeness (QED) is 0.794. The van der Waals surface area contributed by atoms with E-state index >= 15 is 0 Å². The molecule has 100 valence electrons. The Bertz CT molecular complexity index is 610. The Balaban J connectivity index is 2.39. The molecule has 0 aliphatic heterocycles. The molecule has 4 nitrogen and oxygen atoms in total. The first-order chi connectivity index (χ1) is 8.91. The lowest BCUT2D eigenvalue weighted by Gasteiger charge is -2.10. The van der Waals surface area contributed by atoms with E-state index in [9.17, 15) is 4.79 Å². The smallest absolute Gasteiger partial charge is 0.198 e. The van der Waals surface area contributed by atoms with Crippen LogP contribution in [-0.2, 0) is 0 Å². The molecule has 2 aromatic heterocycles. The first kappa shape index (κ1) is 13.3. The summed E-state index contributed by atoms with van der Waals surface area (Å²) < 4.78 is 5.50. The maximum Gasteiger partial charge on any atom is 0.198 e. The van der Waals surface area contributed by atoms with Crippen LogP contribution in [0.4, 0.5) is 5.82 Å². The second-order valence-corrected chi connectivity index (χ2v) is 4.84. The molecule has 0 fully saturated rings. The normalized spacial score (nSPS) is 10.6. The number of nitrogens with zero attached hydrogens (tertiary/aromatic N) is 2. The fourth-order valence-electron chi connectivity index (χ4n) is 2.06. The first-order valence-corrected chi connectivity index (χ1v) is 6.16. The fraction of sp³-hybridized carbons (Fsp3) is 0.333. The summed E-state index contributed by atoms with van der Waals surface area (Å²) in [5, 5.41) is 0. The van der Waals surface area contributed by atoms with Crippen LogP contribution in [0.5, 0.6) is 0 Å². The predicted molar refractivity (Wildman–Crippen MR) is 74.9 cm³/mol. The number of hydrogen-bond donors (Lipinski definition) is 0. The van der Waals surface area contributed by atoms with E-state index in [1.807, 2.05) is 45.8 Å². The lowest BCUT2D eigenvalue weighted by Crippen LogP contribution is -2.11. The maximum absolute atomic E-state index is 12.5. The topological polar surface area (TPSA) is 46.3 Å². The molecule has 0 aliphatic rings. The van der Waals surface area contributed by atoms with Gasteiger partial charge in [0.05, 0.1) is 5.56 Å². The second-order valence-electron chi connectivity index (χ2n) is 4.84. The largest absolute Gasteiger partial charge is 0.466 e. The number of furan rings is 1. The van der Waals surface area contributed by atoms with E-state index in [-0.39, 0.29) is 5.78 Å². The number of carbonyl (C=O) groups excluding carboxylic acids is 1. The van der Waals surface area contributed by atoms with Crippen molar-refractivity contribution in [2.75, 3.05) is 19.0 Å². The summed E-state index contributed by atoms with van der Waals surface area (Å²) in [4.78, 5) is 18.6. The van der Waals surface area contributed by atoms with Gasteiger partial charge >= 0.3 is 0 Å². The van der Waals surface area contributed by atoms with Gasteiger partial charge in [0.25, 0.3) is 0 Å². The average molecular weight is 258 g/mol. The molecule has 4 heteroatoms. The lowest BCUT2D eigenvalue weighted by atomic mass is 10.0. The Kier molecular flexibility index (Phi) is 3.42. The van der Waals surface area contributed by atoms with Gasteiger partial charge in [-0.1, -0.05) is 0 Å². The number of aromatic nitrogens is 1. The molecule has 0 N–H and O–H groups in total. The van der Waals surface area contributed by atoms with Gasteiger partial charge in [-0.3, -0.25) is 4.79 Å². The number of carbonyl (C=O) groups is 1. The Hall–Kier alpha value is -2.10. The molecule has 0 saturated carbocycles. The summed E-state index contributed by atoms with van der Waals surface area (Å²) in [5.41, 5.74) is 2.13. The van der Waals surface area contributed by atoms with Gasteiger partial charge in [-0.05, 0) is 32.9 Å². The lowest BCUT2D eigenvalue weighted by molar-refractivity contribution is 0.103. The molecule has 0 saturated heterocycles. The summed E-state index contributed by atoms with van der Waals surface area (Å²) in [6.45, 7) is 5.59. The SMILES string of the molecule is Cc1oc(C)c(C(=O)c2ccc(N(C)C)nc2)c1C. The molecule has 19 heavy (non-hydrogen) atoms. The third-order valence-corrected chi connectivity index (χ3v) is 3.26. The van der Waals surface area contributed by atoms with Crippen LogP contribution < -0.4 is 4.90 Å². The van der Waals surface area contributed by atoms with Crippen LogP contribution in [0.25, 0.3) is 0 Å². The first-order valence-electron chi connectivity index (χ1n) is 6.16. The highest BCUT2D eigenvalue weighted by Crippen LogP contribution is 2.23. The minimum Gasteiger partial charge on any atom is -0.466 e. The number of hydrogen-bond acceptors (Lipinski definition) is 4. The van der Waals surface area contributed by atoms with Gasteiger partial charge in [-0.25, -0.2) is 4.98 Å². The zero-order valence-corrected chi connectivity index (χ0v) is 11.9. The van der Waals surface area contributed by atoms with Crippen molar-refractivity contribution in [2.45, 2.75) is 20.8 Å². The number of anilines is 1. The molecular formula is C15H18N2O2. The molecular weight excluding hydrogens is 240 g/mol. The number of ketones is 1. The van der Waals surface area contributed by atoms with Crippen LogP contribution in [0.15, 0.2) is 22.7 Å². The van der Waals surface area contributed by atoms with Crippen molar-refractivity contribution in [3.63, 3.8) is 0 Å². The van der Waals surface area contributed by atoms with Gasteiger partial charge in [-0.15, -0.1) is 0 Å². The zero-order chi connectivity index (χ0) is 14.2. The Morgan fingerprint density at radius 1 is 1.16 bits per heavy atom. The van der Waals surface area contributed by atoms with E-state index in [1.165, 1.54) is 0 Å². The van der Waals surface area contributed by atoms with Gasteiger partial charge in [0.2, 0.25) is 0 Å². The maximum atomic E-state index is 12.5. The van der Waals surface area contributed by atoms with Crippen LogP contribution >= 0.6 is 0 Å². The summed E-state index contributed by atoms with van der Waals surface area (Å²) in [6, 6.07) is 3.64. The molecule has 0 spiro atoms. The van der Waals surface area contributed by atoms with E-state index in [2.05, 4.69) is 4.98 Å². The minimum absolute atomic E-state index is 0.0374. The van der Waals surface area contributed by atoms with Crippen molar-refractivity contribution in [1.82, 2.24) is 4.98 Å². The molecule has 0 radical (unpaired) electrons. The van der Waals surface area contributed by atoms with E-state index < -0.39 is 0 Å². The van der Waals surface area contributed by atoms with Crippen LogP contribution in [0.2, 0.25) is 0 Å². The van der Waals surface area contributed by atoms with Crippen LogP contribution in [-0.4, -0.2) is 24.9 Å². The number of pyridine rings is 1. The minimum atomic E-state index is -0.0374. The van der Waals surface area contributed by atoms with Crippen LogP contribution in [0.3, 0.4) is 0 Å². The Morgan fingerprint density at radius 2 is 1.84 bits per heavy atom. The van der Waals surface area contributed by atoms with Crippen molar-refractivity contribution >= 4 is 11.6 Å². The van der Waals surface area contributed by atoms with E-state index in [4.69, 9.17) is 4.42 Å². The molecule has 0 amide bonds. The van der Waals surface area contributed by atoms with Gasteiger partial charge in [0, 0.05) is 31.4 Å². The van der Waals surface area contributed by atoms with Crippen LogP contribution in [0.1, 0.15) is 33.0 Å². The molecule has 2 rings (SSSR count). The molecule has 0 aromatic carbocycles. The molecule has 0 unspecified atom stereocenters. The number of aryl methyl sites for hydroxylation is 2. The van der Waals surface area contributed by atoms with Crippen molar-refractivity contribution in [2.24, 2.45) is 0 Å². The second kappa shape index (κ2) is 4.88. The van der Waals surface area contributed by atoms with Crippen LogP contribution in [0, 0.1) is 20.8 Å². The molecule has 0 aliphatic carbocycles. The zero-order valence-electron chi connectivity index (χ0n) is 11.9. The average Bonchev–Trinajstić information content (AvgIpc) is 2.62. The number of rotatable bonds is 3. The molecule has 0 atom stereocenters.